The molecular weight excluding hydrogens is 759 g/mol. The van der Waals surface area contributed by atoms with Gasteiger partial charge in [-0.25, -0.2) is 9.98 Å². The number of ether oxygens (including phenoxy) is 1. The van der Waals surface area contributed by atoms with Gasteiger partial charge in [0.2, 0.25) is 0 Å². The van der Waals surface area contributed by atoms with Crippen LogP contribution in [0.2, 0.25) is 0 Å². The number of rotatable bonds is 9. The molecule has 7 aromatic carbocycles. The molecule has 0 atom stereocenters. The molecule has 0 aromatic heterocycles. The van der Waals surface area contributed by atoms with E-state index < -0.39 is 0 Å². The SMILES string of the molecule is C=C(N=C(N=C(C)c1ccccc1)c1ccc(C2=CN=CCC2)cc1)c1ccc(N2c3cc(N(c4ccccc4)c4ccccc4)ccc3Oc3c2ccc2c3C=CCC2)cc1. The Labute approximate surface area is 363 Å². The molecule has 0 amide bonds. The number of amidine groups is 1. The van der Waals surface area contributed by atoms with Crippen LogP contribution in [0.1, 0.15) is 59.6 Å². The highest BCUT2D eigenvalue weighted by atomic mass is 16.5. The first-order valence-corrected chi connectivity index (χ1v) is 21.2. The molecule has 0 unspecified atom stereocenters. The van der Waals surface area contributed by atoms with Gasteiger partial charge < -0.3 is 14.5 Å². The van der Waals surface area contributed by atoms with Crippen molar-refractivity contribution in [1.29, 1.82) is 0 Å². The van der Waals surface area contributed by atoms with Crippen molar-refractivity contribution in [2.45, 2.75) is 32.6 Å². The maximum Gasteiger partial charge on any atom is 0.160 e. The van der Waals surface area contributed by atoms with Crippen molar-refractivity contribution >= 4 is 69.2 Å². The van der Waals surface area contributed by atoms with Crippen LogP contribution < -0.4 is 14.5 Å². The van der Waals surface area contributed by atoms with Crippen LogP contribution in [0.5, 0.6) is 11.5 Å². The molecule has 3 aliphatic rings. The highest BCUT2D eigenvalue weighted by molar-refractivity contribution is 6.12. The fourth-order valence-electron chi connectivity index (χ4n) is 8.38. The number of allylic oxidation sites excluding steroid dienone is 2. The normalized spacial score (nSPS) is 14.3. The molecule has 10 rings (SSSR count). The third-order valence-corrected chi connectivity index (χ3v) is 11.6. The molecule has 0 radical (unpaired) electrons. The van der Waals surface area contributed by atoms with Crippen molar-refractivity contribution in [1.82, 2.24) is 0 Å². The molecule has 0 saturated heterocycles. The van der Waals surface area contributed by atoms with E-state index in [1.807, 2.05) is 49.7 Å². The van der Waals surface area contributed by atoms with Gasteiger partial charge >= 0.3 is 0 Å². The van der Waals surface area contributed by atoms with Crippen LogP contribution in [0.25, 0.3) is 17.3 Å². The quantitative estimate of drug-likeness (QED) is 0.108. The minimum Gasteiger partial charge on any atom is -0.452 e. The summed E-state index contributed by atoms with van der Waals surface area (Å²) in [5, 5.41) is 0. The van der Waals surface area contributed by atoms with Crippen LogP contribution in [-0.2, 0) is 6.42 Å². The van der Waals surface area contributed by atoms with E-state index in [2.05, 4.69) is 173 Å². The Morgan fingerprint density at radius 3 is 2.03 bits per heavy atom. The number of aliphatic imine (C=N–C) groups is 3. The predicted molar refractivity (Wildman–Crippen MR) is 260 cm³/mol. The lowest BCUT2D eigenvalue weighted by Crippen LogP contribution is -2.18. The highest BCUT2D eigenvalue weighted by Crippen LogP contribution is 2.54. The van der Waals surface area contributed by atoms with Crippen LogP contribution in [0, 0.1) is 0 Å². The summed E-state index contributed by atoms with van der Waals surface area (Å²) in [4.78, 5) is 19.2. The van der Waals surface area contributed by atoms with Gasteiger partial charge in [-0.1, -0.05) is 128 Å². The lowest BCUT2D eigenvalue weighted by Gasteiger charge is -2.36. The van der Waals surface area contributed by atoms with Crippen LogP contribution in [0.3, 0.4) is 0 Å². The van der Waals surface area contributed by atoms with Crippen molar-refractivity contribution in [3.05, 3.63) is 222 Å². The number of nitrogens with zero attached hydrogens (tertiary/aromatic N) is 5. The molecule has 1 aliphatic carbocycles. The lowest BCUT2D eigenvalue weighted by atomic mass is 9.94. The summed E-state index contributed by atoms with van der Waals surface area (Å²) in [6.45, 7) is 6.51. The first-order chi connectivity index (χ1) is 30.6. The predicted octanol–water partition coefficient (Wildman–Crippen LogP) is 14.8. The van der Waals surface area contributed by atoms with E-state index in [0.717, 1.165) is 105 Å². The Hall–Kier alpha value is -7.83. The van der Waals surface area contributed by atoms with E-state index in [1.165, 1.54) is 11.1 Å². The Morgan fingerprint density at radius 1 is 0.645 bits per heavy atom. The maximum atomic E-state index is 6.86. The second-order valence-corrected chi connectivity index (χ2v) is 15.6. The van der Waals surface area contributed by atoms with Gasteiger partial charge in [0.05, 0.1) is 17.1 Å². The largest absolute Gasteiger partial charge is 0.452 e. The van der Waals surface area contributed by atoms with Gasteiger partial charge in [0.1, 0.15) is 0 Å². The molecule has 0 spiro atoms. The fraction of sp³-hybridized carbons (Fsp3) is 0.0893. The zero-order valence-electron chi connectivity index (χ0n) is 34.7. The van der Waals surface area contributed by atoms with Gasteiger partial charge in [-0.2, -0.15) is 0 Å². The standard InChI is InChI=1S/C56H45N5O/c1-39(41-15-6-3-7-16-41)58-56(45-26-24-43(25-27-45)46-18-14-36-57-38-46)59-40(2)42-28-31-49(32-29-42)61-52-34-30-44-17-12-13-23-51(44)55(52)62-54-35-33-50(37-53(54)61)60(47-19-8-4-9-20-47)48-21-10-5-11-22-48/h3-11,13,15-16,19-38H,2,12,14,17-18H2,1H3. The lowest BCUT2D eigenvalue weighted by molar-refractivity contribution is 0.475. The summed E-state index contributed by atoms with van der Waals surface area (Å²) in [6.07, 6.45) is 12.3. The molecule has 6 nitrogen and oxygen atoms in total. The fourth-order valence-corrected chi connectivity index (χ4v) is 8.38. The third-order valence-electron chi connectivity index (χ3n) is 11.6. The molecule has 2 aliphatic heterocycles. The summed E-state index contributed by atoms with van der Waals surface area (Å²) in [5.74, 6) is 2.27. The Morgan fingerprint density at radius 2 is 1.34 bits per heavy atom. The summed E-state index contributed by atoms with van der Waals surface area (Å²) in [6, 6.07) is 59.1. The number of aryl methyl sites for hydroxylation is 1. The Bertz CT molecular complexity index is 2890. The van der Waals surface area contributed by atoms with Gasteiger partial charge in [0.15, 0.2) is 17.3 Å². The minimum absolute atomic E-state index is 0.602. The second-order valence-electron chi connectivity index (χ2n) is 15.6. The Balaban J connectivity index is 1.04. The smallest absolute Gasteiger partial charge is 0.160 e. The van der Waals surface area contributed by atoms with Crippen molar-refractivity contribution in [3.63, 3.8) is 0 Å². The molecule has 2 heterocycles. The molecule has 6 heteroatoms. The van der Waals surface area contributed by atoms with E-state index in [4.69, 9.17) is 14.7 Å². The zero-order valence-corrected chi connectivity index (χ0v) is 34.7. The summed E-state index contributed by atoms with van der Waals surface area (Å²) >= 11 is 0. The highest BCUT2D eigenvalue weighted by Gasteiger charge is 2.30. The van der Waals surface area contributed by atoms with E-state index >= 15 is 0 Å². The van der Waals surface area contributed by atoms with E-state index in [1.54, 1.807) is 0 Å². The number of fused-ring (bicyclic) bond motifs is 4. The maximum absolute atomic E-state index is 6.86. The molecule has 300 valence electrons. The third kappa shape index (κ3) is 7.70. The molecular formula is C56H45N5O. The molecule has 0 fully saturated rings. The van der Waals surface area contributed by atoms with Gasteiger partial charge in [-0.05, 0) is 121 Å². The van der Waals surface area contributed by atoms with Crippen LogP contribution in [0.15, 0.2) is 204 Å². The first-order valence-electron chi connectivity index (χ1n) is 21.2. The molecule has 7 aromatic rings. The summed E-state index contributed by atoms with van der Waals surface area (Å²) < 4.78 is 6.86. The average molecular weight is 804 g/mol. The summed E-state index contributed by atoms with van der Waals surface area (Å²) in [7, 11) is 0. The number of benzene rings is 7. The first kappa shape index (κ1) is 38.4. The molecule has 0 bridgehead atoms. The van der Waals surface area contributed by atoms with Gasteiger partial charge in [0, 0.05) is 52.0 Å². The van der Waals surface area contributed by atoms with Crippen LogP contribution in [0.4, 0.5) is 34.1 Å². The molecule has 0 saturated carbocycles. The monoisotopic (exact) mass is 803 g/mol. The van der Waals surface area contributed by atoms with Gasteiger partial charge in [0.25, 0.3) is 0 Å². The average Bonchev–Trinajstić information content (AvgIpc) is 3.34. The molecule has 0 N–H and O–H groups in total. The molecule has 62 heavy (non-hydrogen) atoms. The van der Waals surface area contributed by atoms with E-state index in [9.17, 15) is 0 Å². The second kappa shape index (κ2) is 17.0. The van der Waals surface area contributed by atoms with Gasteiger partial charge in [-0.15, -0.1) is 0 Å². The van der Waals surface area contributed by atoms with Crippen molar-refractivity contribution in [2.75, 3.05) is 9.80 Å². The summed E-state index contributed by atoms with van der Waals surface area (Å²) in [5.41, 5.74) is 15.3. The van der Waals surface area contributed by atoms with Gasteiger partial charge in [-0.3, -0.25) is 4.99 Å². The van der Waals surface area contributed by atoms with Crippen LogP contribution in [-0.4, -0.2) is 17.8 Å². The number of anilines is 6. The topological polar surface area (TPSA) is 52.8 Å². The Kier molecular flexibility index (Phi) is 10.5. The zero-order chi connectivity index (χ0) is 41.8. The van der Waals surface area contributed by atoms with E-state index in [-0.39, 0.29) is 0 Å². The van der Waals surface area contributed by atoms with Crippen molar-refractivity contribution < 1.29 is 4.74 Å². The minimum atomic E-state index is 0.602. The van der Waals surface area contributed by atoms with Crippen LogP contribution >= 0.6 is 0 Å². The number of para-hydroxylation sites is 2. The number of hydrogen-bond donors (Lipinski definition) is 0. The van der Waals surface area contributed by atoms with Crippen molar-refractivity contribution in [2.24, 2.45) is 15.0 Å². The van der Waals surface area contributed by atoms with E-state index in [0.29, 0.717) is 11.5 Å². The van der Waals surface area contributed by atoms with Crippen molar-refractivity contribution in [3.8, 4) is 11.5 Å². The number of hydrogen-bond acceptors (Lipinski definition) is 5.